The van der Waals surface area contributed by atoms with Crippen molar-refractivity contribution in [1.29, 1.82) is 0 Å². The van der Waals surface area contributed by atoms with Crippen molar-refractivity contribution in [1.82, 2.24) is 10.6 Å². The van der Waals surface area contributed by atoms with Crippen LogP contribution in [0.25, 0.3) is 0 Å². The fourth-order valence-electron chi connectivity index (χ4n) is 7.08. The number of hydrogen-bond donors (Lipinski definition) is 5. The van der Waals surface area contributed by atoms with Crippen molar-refractivity contribution in [3.05, 3.63) is 69.8 Å². The Kier molecular flexibility index (Phi) is 13.3. The van der Waals surface area contributed by atoms with Gasteiger partial charge in [0, 0.05) is 55.8 Å². The summed E-state index contributed by atoms with van der Waals surface area (Å²) >= 11 is 0. The lowest BCUT2D eigenvalue weighted by atomic mass is 9.78. The monoisotopic (exact) mass is 782 g/mol. The number of carbonyl (C=O) groups excluding carboxylic acids is 6. The number of allylic oxidation sites excluding steroid dienone is 4. The van der Waals surface area contributed by atoms with Crippen LogP contribution in [-0.2, 0) is 28.5 Å². The molecular formula is C40H50N2O14. The van der Waals surface area contributed by atoms with E-state index in [2.05, 4.69) is 10.6 Å². The number of aromatic hydroxyl groups is 1. The molecule has 0 spiro atoms. The molecule has 0 fully saturated rings. The molecule has 5 bridgehead atoms. The van der Waals surface area contributed by atoms with Gasteiger partial charge in [0.2, 0.25) is 11.6 Å². The molecule has 5 N–H and O–H groups in total. The summed E-state index contributed by atoms with van der Waals surface area (Å²) in [5, 5.41) is 38.6. The molecule has 304 valence electrons. The molecule has 1 aromatic carbocycles. The molecule has 0 unspecified atom stereocenters. The Morgan fingerprint density at radius 3 is 2.21 bits per heavy atom. The Bertz CT molecular complexity index is 1930. The second-order valence-electron chi connectivity index (χ2n) is 14.4. The number of rotatable bonds is 4. The molecular weight excluding hydrogens is 732 g/mol. The molecule has 16 heteroatoms. The van der Waals surface area contributed by atoms with Gasteiger partial charge in [-0.05, 0) is 26.8 Å². The van der Waals surface area contributed by atoms with Crippen LogP contribution in [0.4, 0.5) is 4.79 Å². The molecule has 56 heavy (non-hydrogen) atoms. The lowest BCUT2D eigenvalue weighted by Gasteiger charge is -2.38. The average Bonchev–Trinajstić information content (AvgIpc) is 3.41. The number of alkyl carbamates (subject to hydrolysis) is 1. The number of aliphatic hydroxyl groups is 2. The van der Waals surface area contributed by atoms with E-state index < -0.39 is 123 Å². The van der Waals surface area contributed by atoms with Crippen LogP contribution >= 0.6 is 0 Å². The third-order valence-electron chi connectivity index (χ3n) is 10.5. The van der Waals surface area contributed by atoms with Crippen molar-refractivity contribution in [2.45, 2.75) is 92.5 Å². The fraction of sp³-hybridized carbons (Fsp3) is 0.500. The van der Waals surface area contributed by atoms with Crippen molar-refractivity contribution in [2.75, 3.05) is 13.7 Å². The quantitative estimate of drug-likeness (QED) is 0.274. The standard InChI is InChI=1S/C40H50N2O14/c1-11-53-39(51)42-29-28-34(48)26-25(33(29)47)27-36(22(7)32(26)46)56-40(9,37(27)49)54-16-15-24(52-10)19(4)35(55-23(8)43)21(6)31(45)20(5)30(44)17(2)13-12-14-18(3)38(50)41-28/h12-17,19-21,24,30-31,35,44-46H,11H2,1-10H3,(H,41,50)(H,42,51)/b13-12+,16-15+,18-14-/t17-,19-,20-,21-,24+,30+,31+,35-,40+/m1/s1. The maximum Gasteiger partial charge on any atom is 0.411 e. The molecule has 16 nitrogen and oxygen atoms in total. The van der Waals surface area contributed by atoms with Crippen LogP contribution < -0.4 is 15.4 Å². The minimum atomic E-state index is -2.16. The predicted molar refractivity (Wildman–Crippen MR) is 198 cm³/mol. The second-order valence-corrected chi connectivity index (χ2v) is 14.4. The molecule has 9 atom stereocenters. The van der Waals surface area contributed by atoms with Crippen molar-refractivity contribution >= 4 is 35.3 Å². The van der Waals surface area contributed by atoms with Crippen LogP contribution in [0.2, 0.25) is 0 Å². The third kappa shape index (κ3) is 8.27. The highest BCUT2D eigenvalue weighted by Gasteiger charge is 2.53. The number of nitrogens with one attached hydrogen (secondary N) is 2. The number of aliphatic hydroxyl groups excluding tert-OH is 2. The highest BCUT2D eigenvalue weighted by Crippen LogP contribution is 2.48. The van der Waals surface area contributed by atoms with E-state index in [-0.39, 0.29) is 23.5 Å². The molecule has 3 heterocycles. The number of carbonyl (C=O) groups is 6. The SMILES string of the molecule is CCOC(=O)NC1=C2NC(=O)/C(C)=C\C=C\[C@@H](C)[C@H](O)[C@@H](C)[C@H](O)[C@@H](C)[C@H](OC(C)=O)[C@H](C)[C@@H](OC)/C=C/O[C@@]3(C)Oc4c(C)c(O)c(c(c4C3=O)C1=O)C2=O. The Labute approximate surface area is 324 Å². The highest BCUT2D eigenvalue weighted by molar-refractivity contribution is 6.33. The normalized spacial score (nSPS) is 32.0. The number of ether oxygens (including phenoxy) is 5. The zero-order valence-electron chi connectivity index (χ0n) is 33.0. The van der Waals surface area contributed by atoms with E-state index in [1.807, 2.05) is 0 Å². The largest absolute Gasteiger partial charge is 0.507 e. The maximum atomic E-state index is 14.3. The van der Waals surface area contributed by atoms with Gasteiger partial charge in [0.05, 0.1) is 47.9 Å². The first kappa shape index (κ1) is 43.4. The Morgan fingerprint density at radius 2 is 1.61 bits per heavy atom. The van der Waals surface area contributed by atoms with E-state index in [9.17, 15) is 44.1 Å². The molecule has 2 amide bonds. The van der Waals surface area contributed by atoms with Gasteiger partial charge in [0.1, 0.15) is 29.0 Å². The number of hydrogen-bond acceptors (Lipinski definition) is 14. The van der Waals surface area contributed by atoms with Crippen LogP contribution in [0.3, 0.4) is 0 Å². The fourth-order valence-corrected chi connectivity index (χ4v) is 7.08. The minimum Gasteiger partial charge on any atom is -0.507 e. The zero-order valence-corrected chi connectivity index (χ0v) is 33.0. The smallest absolute Gasteiger partial charge is 0.411 e. The van der Waals surface area contributed by atoms with Crippen LogP contribution in [0.5, 0.6) is 11.5 Å². The molecule has 0 saturated heterocycles. The molecule has 0 aromatic heterocycles. The van der Waals surface area contributed by atoms with Gasteiger partial charge in [0.15, 0.2) is 0 Å². The molecule has 1 aromatic rings. The average molecular weight is 783 g/mol. The lowest BCUT2D eigenvalue weighted by molar-refractivity contribution is -0.160. The van der Waals surface area contributed by atoms with E-state index >= 15 is 0 Å². The van der Waals surface area contributed by atoms with Crippen molar-refractivity contribution < 1.29 is 67.8 Å². The Hall–Kier alpha value is -5.32. The van der Waals surface area contributed by atoms with E-state index in [0.29, 0.717) is 0 Å². The predicted octanol–water partition coefficient (Wildman–Crippen LogP) is 3.70. The summed E-state index contributed by atoms with van der Waals surface area (Å²) in [6, 6.07) is 0. The maximum absolute atomic E-state index is 14.3. The van der Waals surface area contributed by atoms with Gasteiger partial charge >= 0.3 is 17.8 Å². The summed E-state index contributed by atoms with van der Waals surface area (Å²) in [6.45, 7) is 13.4. The van der Waals surface area contributed by atoms with E-state index in [4.69, 9.17) is 23.7 Å². The Balaban J connectivity index is 1.92. The molecule has 0 saturated carbocycles. The van der Waals surface area contributed by atoms with Crippen LogP contribution in [0.15, 0.2) is 47.5 Å². The number of fused-ring (bicyclic) bond motifs is 14. The van der Waals surface area contributed by atoms with Gasteiger partial charge in [-0.3, -0.25) is 29.3 Å². The number of amides is 2. The van der Waals surface area contributed by atoms with Crippen LogP contribution in [0.1, 0.15) is 92.0 Å². The second kappa shape index (κ2) is 17.2. The van der Waals surface area contributed by atoms with Gasteiger partial charge in [0.25, 0.3) is 11.7 Å². The topological polar surface area (TPSA) is 233 Å². The van der Waals surface area contributed by atoms with Gasteiger partial charge < -0.3 is 44.3 Å². The number of phenols is 1. The van der Waals surface area contributed by atoms with Crippen LogP contribution in [0, 0.1) is 30.6 Å². The highest BCUT2D eigenvalue weighted by atomic mass is 16.7. The number of benzene rings is 1. The van der Waals surface area contributed by atoms with Crippen molar-refractivity contribution in [3.63, 3.8) is 0 Å². The van der Waals surface area contributed by atoms with E-state index in [1.54, 1.807) is 33.8 Å². The number of Topliss-reactive ketones (excluding diaryl/α,β-unsaturated/α-hetero) is 3. The first-order valence-electron chi connectivity index (χ1n) is 18.2. The van der Waals surface area contributed by atoms with E-state index in [0.717, 1.165) is 6.26 Å². The summed E-state index contributed by atoms with van der Waals surface area (Å²) in [7, 11) is 1.39. The molecule has 3 aliphatic heterocycles. The summed E-state index contributed by atoms with van der Waals surface area (Å²) in [4.78, 5) is 81.1. The van der Waals surface area contributed by atoms with Gasteiger partial charge in [-0.25, -0.2) is 4.79 Å². The molecule has 0 radical (unpaired) electrons. The number of ketones is 3. The number of esters is 1. The zero-order chi connectivity index (χ0) is 42.0. The third-order valence-corrected chi connectivity index (χ3v) is 10.5. The molecule has 1 aliphatic carbocycles. The first-order chi connectivity index (χ1) is 26.2. The first-order valence-corrected chi connectivity index (χ1v) is 18.2. The summed E-state index contributed by atoms with van der Waals surface area (Å²) in [6.07, 6.45) is 1.81. The number of phenolic OH excluding ortho intramolecular Hbond substituents is 1. The summed E-state index contributed by atoms with van der Waals surface area (Å²) in [5.41, 5.74) is -3.09. The van der Waals surface area contributed by atoms with Crippen molar-refractivity contribution in [2.24, 2.45) is 23.7 Å². The van der Waals surface area contributed by atoms with Gasteiger partial charge in [-0.2, -0.15) is 0 Å². The summed E-state index contributed by atoms with van der Waals surface area (Å²) in [5.74, 6) is -10.4. The van der Waals surface area contributed by atoms with Gasteiger partial charge in [-0.15, -0.1) is 0 Å². The lowest BCUT2D eigenvalue weighted by Crippen LogP contribution is -2.46. The van der Waals surface area contributed by atoms with E-state index in [1.165, 1.54) is 60.0 Å². The van der Waals surface area contributed by atoms with Gasteiger partial charge in [-0.1, -0.05) is 45.9 Å². The Morgan fingerprint density at radius 1 is 0.946 bits per heavy atom. The number of methoxy groups -OCH3 is 1. The molecule has 5 rings (SSSR count). The van der Waals surface area contributed by atoms with Crippen LogP contribution in [-0.4, -0.2) is 94.6 Å². The van der Waals surface area contributed by atoms with Crippen molar-refractivity contribution in [3.8, 4) is 11.5 Å². The molecule has 4 aliphatic rings. The summed E-state index contributed by atoms with van der Waals surface area (Å²) < 4.78 is 28.1. The minimum absolute atomic E-state index is 0.0259.